The lowest BCUT2D eigenvalue weighted by Gasteiger charge is -2.14. The molecule has 0 aliphatic heterocycles. The Bertz CT molecular complexity index is 273. The Morgan fingerprint density at radius 1 is 1.28 bits per heavy atom. The number of nitrogens with two attached hydrogens (primary N) is 2. The first-order valence-electron chi connectivity index (χ1n) is 5.61. The summed E-state index contributed by atoms with van der Waals surface area (Å²) in [6.07, 6.45) is 0.574. The van der Waals surface area contributed by atoms with Crippen LogP contribution in [-0.4, -0.2) is 57.5 Å². The molecule has 8 nitrogen and oxygen atoms in total. The molecule has 0 saturated carbocycles. The van der Waals surface area contributed by atoms with Gasteiger partial charge in [-0.3, -0.25) is 9.59 Å². The fraction of sp³-hybridized carbons (Fsp3) is 0.700. The average Bonchev–Trinajstić information content (AvgIpc) is 2.37. The number of hydrogen-bond donors (Lipinski definition) is 4. The molecular formula is C10H20N4O4. The third kappa shape index (κ3) is 7.71. The van der Waals surface area contributed by atoms with Crippen LogP contribution in [0.5, 0.6) is 0 Å². The van der Waals surface area contributed by atoms with E-state index in [1.165, 1.54) is 0 Å². The second-order valence-electron chi connectivity index (χ2n) is 3.49. The number of amides is 2. The van der Waals surface area contributed by atoms with Gasteiger partial charge in [0.15, 0.2) is 0 Å². The Morgan fingerprint density at radius 2 is 2.00 bits per heavy atom. The molecular weight excluding hydrogens is 240 g/mol. The summed E-state index contributed by atoms with van der Waals surface area (Å²) >= 11 is 0. The molecule has 0 heterocycles. The molecule has 0 rings (SSSR count). The summed E-state index contributed by atoms with van der Waals surface area (Å²) < 4.78 is 4.92. The highest BCUT2D eigenvalue weighted by molar-refractivity contribution is 5.82. The first-order chi connectivity index (χ1) is 8.65. The molecule has 0 bridgehead atoms. The summed E-state index contributed by atoms with van der Waals surface area (Å²) in [4.78, 5) is 32.8. The van der Waals surface area contributed by atoms with Crippen molar-refractivity contribution in [1.29, 1.82) is 0 Å². The second kappa shape index (κ2) is 10.6. The van der Waals surface area contributed by atoms with E-state index in [9.17, 15) is 14.4 Å². The van der Waals surface area contributed by atoms with Crippen LogP contribution in [0.2, 0.25) is 0 Å². The van der Waals surface area contributed by atoms with E-state index in [2.05, 4.69) is 10.6 Å². The van der Waals surface area contributed by atoms with Gasteiger partial charge in [0, 0.05) is 19.6 Å². The Morgan fingerprint density at radius 3 is 2.56 bits per heavy atom. The van der Waals surface area contributed by atoms with Crippen molar-refractivity contribution in [3.05, 3.63) is 0 Å². The molecule has 18 heavy (non-hydrogen) atoms. The zero-order valence-corrected chi connectivity index (χ0v) is 10.2. The first kappa shape index (κ1) is 16.5. The van der Waals surface area contributed by atoms with E-state index in [4.69, 9.17) is 16.2 Å². The molecule has 6 N–H and O–H groups in total. The van der Waals surface area contributed by atoms with Crippen molar-refractivity contribution >= 4 is 18.1 Å². The van der Waals surface area contributed by atoms with Crippen LogP contribution < -0.4 is 22.1 Å². The average molecular weight is 260 g/mol. The smallest absolute Gasteiger partial charge is 0.246 e. The Hall–Kier alpha value is -1.51. The highest BCUT2D eigenvalue weighted by Crippen LogP contribution is 1.91. The Balaban J connectivity index is 3.87. The van der Waals surface area contributed by atoms with E-state index >= 15 is 0 Å². The predicted octanol–water partition coefficient (Wildman–Crippen LogP) is -3.03. The van der Waals surface area contributed by atoms with Crippen LogP contribution in [0.4, 0.5) is 0 Å². The van der Waals surface area contributed by atoms with E-state index in [-0.39, 0.29) is 38.1 Å². The van der Waals surface area contributed by atoms with Gasteiger partial charge in [-0.2, -0.15) is 0 Å². The van der Waals surface area contributed by atoms with E-state index in [1.54, 1.807) is 0 Å². The number of carbonyl (C=O) groups is 3. The highest BCUT2D eigenvalue weighted by Gasteiger charge is 2.17. The summed E-state index contributed by atoms with van der Waals surface area (Å²) in [7, 11) is 0. The molecule has 0 aromatic rings. The lowest BCUT2D eigenvalue weighted by molar-refractivity contribution is -0.127. The third-order valence-corrected chi connectivity index (χ3v) is 2.06. The topological polar surface area (TPSA) is 137 Å². The van der Waals surface area contributed by atoms with Gasteiger partial charge in [0.1, 0.15) is 12.9 Å². The van der Waals surface area contributed by atoms with Gasteiger partial charge < -0.3 is 31.6 Å². The first-order valence-corrected chi connectivity index (χ1v) is 5.61. The van der Waals surface area contributed by atoms with Crippen LogP contribution >= 0.6 is 0 Å². The van der Waals surface area contributed by atoms with Gasteiger partial charge in [-0.25, -0.2) is 0 Å². The summed E-state index contributed by atoms with van der Waals surface area (Å²) in [6, 6.07) is 0. The number of ether oxygens (including phenoxy) is 1. The molecule has 0 spiro atoms. The lowest BCUT2D eigenvalue weighted by atomic mass is 10.1. The second-order valence-corrected chi connectivity index (χ2v) is 3.49. The maximum atomic E-state index is 11.5. The molecule has 1 unspecified atom stereocenters. The van der Waals surface area contributed by atoms with Gasteiger partial charge in [0.05, 0.1) is 19.1 Å². The fourth-order valence-electron chi connectivity index (χ4n) is 1.11. The molecule has 8 heteroatoms. The van der Waals surface area contributed by atoms with Crippen molar-refractivity contribution in [3.63, 3.8) is 0 Å². The van der Waals surface area contributed by atoms with Crippen molar-refractivity contribution in [2.45, 2.75) is 0 Å². The molecule has 0 aliphatic carbocycles. The molecule has 0 saturated heterocycles. The zero-order chi connectivity index (χ0) is 13.8. The number of carbonyl (C=O) groups excluding carboxylic acids is 3. The predicted molar refractivity (Wildman–Crippen MR) is 64.5 cm³/mol. The van der Waals surface area contributed by atoms with Crippen molar-refractivity contribution in [2.75, 3.05) is 39.4 Å². The molecule has 1 atom stereocenters. The van der Waals surface area contributed by atoms with Crippen LogP contribution in [0, 0.1) is 5.92 Å². The molecule has 2 amide bonds. The van der Waals surface area contributed by atoms with Crippen molar-refractivity contribution < 1.29 is 19.1 Å². The van der Waals surface area contributed by atoms with Crippen LogP contribution in [-0.2, 0) is 19.1 Å². The number of hydrogen-bond acceptors (Lipinski definition) is 6. The molecule has 104 valence electrons. The number of aldehydes is 1. The van der Waals surface area contributed by atoms with Crippen molar-refractivity contribution in [3.8, 4) is 0 Å². The van der Waals surface area contributed by atoms with Gasteiger partial charge in [0.25, 0.3) is 0 Å². The quantitative estimate of drug-likeness (QED) is 0.243. The third-order valence-electron chi connectivity index (χ3n) is 2.06. The molecule has 0 aromatic carbocycles. The minimum Gasteiger partial charge on any atom is -0.370 e. The van der Waals surface area contributed by atoms with Gasteiger partial charge in [0.2, 0.25) is 11.8 Å². The number of nitrogens with one attached hydrogen (secondary N) is 2. The van der Waals surface area contributed by atoms with Crippen LogP contribution in [0.15, 0.2) is 0 Å². The summed E-state index contributed by atoms with van der Waals surface area (Å²) in [5, 5.41) is 4.89. The normalized spacial score (nSPS) is 11.7. The standard InChI is InChI=1S/C10H20N4O4/c11-1-4-18-7-9(16)14-6-8(5-12)10(17)13-2-3-15/h3,8H,1-2,4-7,11-12H2,(H,13,17)(H,14,16). The van der Waals surface area contributed by atoms with Gasteiger partial charge in [-0.05, 0) is 0 Å². The maximum Gasteiger partial charge on any atom is 0.246 e. The molecule has 0 fully saturated rings. The summed E-state index contributed by atoms with van der Waals surface area (Å²) in [5.41, 5.74) is 10.6. The van der Waals surface area contributed by atoms with Gasteiger partial charge in [-0.15, -0.1) is 0 Å². The Kier molecular flexibility index (Phi) is 9.74. The van der Waals surface area contributed by atoms with Crippen molar-refractivity contribution in [2.24, 2.45) is 17.4 Å². The van der Waals surface area contributed by atoms with Crippen LogP contribution in [0.1, 0.15) is 0 Å². The summed E-state index contributed by atoms with van der Waals surface area (Å²) in [6.45, 7) is 0.647. The van der Waals surface area contributed by atoms with E-state index in [0.717, 1.165) is 0 Å². The van der Waals surface area contributed by atoms with Crippen LogP contribution in [0.3, 0.4) is 0 Å². The van der Waals surface area contributed by atoms with Gasteiger partial charge >= 0.3 is 0 Å². The van der Waals surface area contributed by atoms with E-state index in [0.29, 0.717) is 19.4 Å². The van der Waals surface area contributed by atoms with Crippen LogP contribution in [0.25, 0.3) is 0 Å². The largest absolute Gasteiger partial charge is 0.370 e. The van der Waals surface area contributed by atoms with Crippen molar-refractivity contribution in [1.82, 2.24) is 10.6 Å². The van der Waals surface area contributed by atoms with E-state index in [1.807, 2.05) is 0 Å². The van der Waals surface area contributed by atoms with Gasteiger partial charge in [-0.1, -0.05) is 0 Å². The minimum absolute atomic E-state index is 0.0666. The molecule has 0 radical (unpaired) electrons. The number of rotatable bonds is 10. The summed E-state index contributed by atoms with van der Waals surface area (Å²) in [5.74, 6) is -1.28. The lowest BCUT2D eigenvalue weighted by Crippen LogP contribution is -2.43. The molecule has 0 aliphatic rings. The maximum absolute atomic E-state index is 11.5. The minimum atomic E-state index is -0.566. The monoisotopic (exact) mass is 260 g/mol. The molecule has 0 aromatic heterocycles. The van der Waals surface area contributed by atoms with E-state index < -0.39 is 5.92 Å². The SMILES string of the molecule is NCCOCC(=O)NCC(CN)C(=O)NCC=O. The zero-order valence-electron chi connectivity index (χ0n) is 10.2. The Labute approximate surface area is 105 Å². The highest BCUT2D eigenvalue weighted by atomic mass is 16.5. The fourth-order valence-corrected chi connectivity index (χ4v) is 1.11.